The standard InChI is InChI=1S/C40H46ClN3O8S2.FH/c1-44(26-9-11-27(12-10-26)52-39(48)40(49,35-7-5-19-53-35)36-8-6-20-54-36)17-3-4-18-51-34-22-33(50-2)25(21-30(34)41)23-42-24-32(46)28-13-15-31(45)38-29(28)14-16-37(47)43-38;/h5-8,13-16,19-22,26-27,32,42,45-46,49H,3-4,9-12,17-18,23-24H2,1-2H3,(H,43,47);1H/t26?,27?,32-;/m0./s1. The number of unbranched alkanes of at least 4 members (excludes halogenated alkanes) is 1. The lowest BCUT2D eigenvalue weighted by Gasteiger charge is -2.35. The predicted molar refractivity (Wildman–Crippen MR) is 215 cm³/mol. The van der Waals surface area contributed by atoms with Crippen molar-refractivity contribution in [2.45, 2.75) is 68.9 Å². The fraction of sp³-hybridized carbons (Fsp3) is 0.400. The van der Waals surface area contributed by atoms with Gasteiger partial charge in [0.25, 0.3) is 0 Å². The van der Waals surface area contributed by atoms with E-state index in [-0.39, 0.29) is 34.2 Å². The molecule has 1 aliphatic carbocycles. The van der Waals surface area contributed by atoms with Crippen LogP contribution < -0.4 is 20.3 Å². The number of halogens is 2. The first kappa shape index (κ1) is 42.1. The first-order chi connectivity index (χ1) is 26.1. The second-order valence-electron chi connectivity index (χ2n) is 13.6. The number of pyridine rings is 1. The lowest BCUT2D eigenvalue weighted by atomic mass is 9.91. The Morgan fingerprint density at radius 2 is 1.75 bits per heavy atom. The zero-order valence-corrected chi connectivity index (χ0v) is 33.1. The summed E-state index contributed by atoms with van der Waals surface area (Å²) in [6.45, 7) is 1.97. The van der Waals surface area contributed by atoms with Gasteiger partial charge in [-0.1, -0.05) is 29.8 Å². The third-order valence-corrected chi connectivity index (χ3v) is 12.3. The molecule has 296 valence electrons. The number of benzene rings is 2. The lowest BCUT2D eigenvalue weighted by Crippen LogP contribution is -2.42. The number of esters is 1. The number of ether oxygens (including phenoxy) is 3. The molecule has 0 radical (unpaired) electrons. The van der Waals surface area contributed by atoms with Gasteiger partial charge in [-0.25, -0.2) is 4.79 Å². The average Bonchev–Trinajstić information content (AvgIpc) is 3.92. The average molecular weight is 816 g/mol. The van der Waals surface area contributed by atoms with Crippen LogP contribution in [0.3, 0.4) is 0 Å². The molecule has 0 bridgehead atoms. The Bertz CT molecular complexity index is 2020. The Morgan fingerprint density at radius 1 is 1.04 bits per heavy atom. The molecule has 55 heavy (non-hydrogen) atoms. The van der Waals surface area contributed by atoms with Crippen molar-refractivity contribution in [3.63, 3.8) is 0 Å². The fourth-order valence-electron chi connectivity index (χ4n) is 6.98. The van der Waals surface area contributed by atoms with Gasteiger partial charge in [0.05, 0.1) is 40.1 Å². The highest BCUT2D eigenvalue weighted by Gasteiger charge is 2.45. The van der Waals surface area contributed by atoms with E-state index in [1.807, 2.05) is 22.9 Å². The van der Waals surface area contributed by atoms with Gasteiger partial charge < -0.3 is 44.7 Å². The molecule has 1 atom stereocenters. The van der Waals surface area contributed by atoms with E-state index in [0.29, 0.717) is 56.4 Å². The zero-order chi connectivity index (χ0) is 38.2. The number of carbonyl (C=O) groups is 1. The van der Waals surface area contributed by atoms with Crippen LogP contribution >= 0.6 is 34.3 Å². The number of nitrogens with one attached hydrogen (secondary N) is 2. The van der Waals surface area contributed by atoms with Crippen LogP contribution in [0, 0.1) is 0 Å². The van der Waals surface area contributed by atoms with Crippen LogP contribution in [-0.4, -0.2) is 77.2 Å². The molecule has 1 fully saturated rings. The quantitative estimate of drug-likeness (QED) is 0.0496. The molecule has 3 heterocycles. The molecule has 11 nitrogen and oxygen atoms in total. The van der Waals surface area contributed by atoms with Crippen molar-refractivity contribution < 1.29 is 39.0 Å². The van der Waals surface area contributed by atoms with Gasteiger partial charge in [-0.3, -0.25) is 9.50 Å². The Morgan fingerprint density at radius 3 is 2.40 bits per heavy atom. The number of rotatable bonds is 17. The molecule has 0 spiro atoms. The molecule has 15 heteroatoms. The van der Waals surface area contributed by atoms with E-state index in [1.54, 1.807) is 43.5 Å². The molecule has 0 aliphatic heterocycles. The van der Waals surface area contributed by atoms with Gasteiger partial charge >= 0.3 is 5.97 Å². The van der Waals surface area contributed by atoms with Crippen LogP contribution in [0.2, 0.25) is 5.02 Å². The smallest absolute Gasteiger partial charge is 0.349 e. The number of hydrogen-bond donors (Lipinski definition) is 5. The normalized spacial score (nSPS) is 16.5. The Balaban J connectivity index is 0.00000580. The molecule has 1 aliphatic rings. The number of methoxy groups -OCH3 is 1. The van der Waals surface area contributed by atoms with E-state index in [1.165, 1.54) is 34.8 Å². The summed E-state index contributed by atoms with van der Waals surface area (Å²) in [5, 5.41) is 40.6. The molecule has 1 saturated carbocycles. The van der Waals surface area contributed by atoms with Crippen molar-refractivity contribution in [1.82, 2.24) is 15.2 Å². The van der Waals surface area contributed by atoms with Crippen molar-refractivity contribution in [1.29, 1.82) is 0 Å². The van der Waals surface area contributed by atoms with Gasteiger partial charge in [-0.2, -0.15) is 0 Å². The van der Waals surface area contributed by atoms with Crippen LogP contribution in [0.5, 0.6) is 17.2 Å². The number of H-pyrrole nitrogens is 1. The van der Waals surface area contributed by atoms with Gasteiger partial charge in [0.1, 0.15) is 23.4 Å². The summed E-state index contributed by atoms with van der Waals surface area (Å²) in [5.74, 6) is 0.471. The maximum Gasteiger partial charge on any atom is 0.349 e. The van der Waals surface area contributed by atoms with Crippen LogP contribution in [0.25, 0.3) is 10.9 Å². The number of aromatic nitrogens is 1. The molecule has 0 amide bonds. The van der Waals surface area contributed by atoms with Crippen LogP contribution in [0.4, 0.5) is 4.70 Å². The third-order valence-electron chi connectivity index (χ3n) is 10.0. The fourth-order valence-corrected chi connectivity index (χ4v) is 8.93. The number of fused-ring (bicyclic) bond motifs is 1. The summed E-state index contributed by atoms with van der Waals surface area (Å²) in [6, 6.07) is 17.2. The highest BCUT2D eigenvalue weighted by atomic mass is 35.5. The second kappa shape index (κ2) is 19.2. The number of phenolic OH excluding ortho intramolecular Hbond substituents is 1. The maximum atomic E-state index is 13.4. The topological polar surface area (TPSA) is 154 Å². The lowest BCUT2D eigenvalue weighted by molar-refractivity contribution is -0.169. The van der Waals surface area contributed by atoms with Crippen molar-refractivity contribution in [2.75, 3.05) is 33.9 Å². The number of aromatic hydroxyl groups is 1. The van der Waals surface area contributed by atoms with E-state index in [4.69, 9.17) is 25.8 Å². The number of phenols is 1. The molecule has 2 aromatic carbocycles. The highest BCUT2D eigenvalue weighted by Crippen LogP contribution is 2.38. The van der Waals surface area contributed by atoms with Crippen molar-refractivity contribution >= 4 is 51.1 Å². The van der Waals surface area contributed by atoms with Gasteiger partial charge in [0.15, 0.2) is 0 Å². The van der Waals surface area contributed by atoms with Gasteiger partial charge in [0.2, 0.25) is 11.2 Å². The molecular formula is C40H47ClFN3O8S2. The molecule has 5 aromatic rings. The van der Waals surface area contributed by atoms with Crippen LogP contribution in [0.1, 0.15) is 65.5 Å². The summed E-state index contributed by atoms with van der Waals surface area (Å²) in [7, 11) is 3.71. The summed E-state index contributed by atoms with van der Waals surface area (Å²) < 4.78 is 17.6. The van der Waals surface area contributed by atoms with Crippen molar-refractivity contribution in [2.24, 2.45) is 0 Å². The van der Waals surface area contributed by atoms with Crippen LogP contribution in [-0.2, 0) is 21.7 Å². The third kappa shape index (κ3) is 9.87. The number of aromatic amines is 1. The van der Waals surface area contributed by atoms with Gasteiger partial charge in [-0.15, -0.1) is 22.7 Å². The summed E-state index contributed by atoms with van der Waals surface area (Å²) in [6.07, 6.45) is 3.96. The Labute approximate surface area is 331 Å². The SMILES string of the molecule is COc1cc(OCCCCN(C)C2CCC(OC(=O)C(O)(c3cccs3)c3cccs3)CC2)c(Cl)cc1CNC[C@H](O)c1ccc(O)c2[nH]c(=O)ccc12.F. The molecular weight excluding hydrogens is 769 g/mol. The maximum absolute atomic E-state index is 13.4. The molecule has 0 unspecified atom stereocenters. The van der Waals surface area contributed by atoms with Crippen molar-refractivity contribution in [3.8, 4) is 17.2 Å². The largest absolute Gasteiger partial charge is 0.506 e. The number of carbonyl (C=O) groups excluding carboxylic acids is 1. The Hall–Kier alpha value is -4.02. The number of thiophene rings is 2. The zero-order valence-electron chi connectivity index (χ0n) is 30.7. The predicted octanol–water partition coefficient (Wildman–Crippen LogP) is 6.88. The summed E-state index contributed by atoms with van der Waals surface area (Å²) in [5.41, 5.74) is -0.461. The molecule has 0 saturated heterocycles. The second-order valence-corrected chi connectivity index (χ2v) is 15.9. The summed E-state index contributed by atoms with van der Waals surface area (Å²) in [4.78, 5) is 31.2. The van der Waals surface area contributed by atoms with E-state index in [0.717, 1.165) is 50.6 Å². The Kier molecular flexibility index (Phi) is 14.7. The minimum atomic E-state index is -1.78. The number of nitrogens with zero attached hydrogens (tertiary/aromatic N) is 1. The first-order valence-electron chi connectivity index (χ1n) is 18.0. The number of aliphatic hydroxyl groups is 2. The minimum Gasteiger partial charge on any atom is -0.506 e. The van der Waals surface area contributed by atoms with Crippen molar-refractivity contribution in [3.05, 3.63) is 108 Å². The van der Waals surface area contributed by atoms with E-state index in [9.17, 15) is 24.9 Å². The number of hydrogen-bond acceptors (Lipinski definition) is 12. The monoisotopic (exact) mass is 815 g/mol. The minimum absolute atomic E-state index is 0. The van der Waals surface area contributed by atoms with E-state index >= 15 is 0 Å². The first-order valence-corrected chi connectivity index (χ1v) is 20.2. The van der Waals surface area contributed by atoms with Crippen LogP contribution in [0.15, 0.2) is 76.2 Å². The van der Waals surface area contributed by atoms with E-state index in [2.05, 4.69) is 22.2 Å². The molecule has 6 rings (SSSR count). The molecule has 5 N–H and O–H groups in total. The van der Waals surface area contributed by atoms with Gasteiger partial charge in [0, 0.05) is 42.2 Å². The summed E-state index contributed by atoms with van der Waals surface area (Å²) >= 11 is 9.30. The highest BCUT2D eigenvalue weighted by molar-refractivity contribution is 7.12. The number of aliphatic hydroxyl groups excluding tert-OH is 1. The van der Waals surface area contributed by atoms with Gasteiger partial charge in [-0.05, 0) is 98.8 Å². The van der Waals surface area contributed by atoms with E-state index < -0.39 is 17.7 Å². The molecule has 3 aromatic heterocycles.